The Labute approximate surface area is 157 Å². The number of ether oxygens (including phenoxy) is 1. The normalized spacial score (nSPS) is 10.3. The lowest BCUT2D eigenvalue weighted by Crippen LogP contribution is -2.07. The number of nitrogens with one attached hydrogen (secondary N) is 2. The van der Waals surface area contributed by atoms with Crippen molar-refractivity contribution in [3.05, 3.63) is 72.1 Å². The van der Waals surface area contributed by atoms with Crippen LogP contribution in [-0.4, -0.2) is 34.7 Å². The second kappa shape index (κ2) is 8.66. The molecule has 138 valence electrons. The van der Waals surface area contributed by atoms with E-state index in [0.717, 1.165) is 12.2 Å². The predicted octanol–water partition coefficient (Wildman–Crippen LogP) is 3.58. The molecule has 0 unspecified atom stereocenters. The molecule has 0 aliphatic heterocycles. The summed E-state index contributed by atoms with van der Waals surface area (Å²) in [5.41, 5.74) is 2.03. The van der Waals surface area contributed by atoms with Gasteiger partial charge in [0.05, 0.1) is 12.7 Å². The van der Waals surface area contributed by atoms with Crippen LogP contribution in [0.4, 0.5) is 17.3 Å². The summed E-state index contributed by atoms with van der Waals surface area (Å²) >= 11 is 0. The van der Waals surface area contributed by atoms with Crippen LogP contribution >= 0.6 is 0 Å². The summed E-state index contributed by atoms with van der Waals surface area (Å²) in [6.07, 6.45) is 2.28. The van der Waals surface area contributed by atoms with Gasteiger partial charge in [-0.3, -0.25) is 0 Å². The maximum atomic E-state index is 11.1. The van der Waals surface area contributed by atoms with Crippen LogP contribution in [0.2, 0.25) is 0 Å². The smallest absolute Gasteiger partial charge is 0.335 e. The highest BCUT2D eigenvalue weighted by atomic mass is 16.5. The second-order valence-electron chi connectivity index (χ2n) is 5.83. The summed E-state index contributed by atoms with van der Waals surface area (Å²) in [6, 6.07) is 16.3. The van der Waals surface area contributed by atoms with E-state index in [1.807, 2.05) is 24.3 Å². The summed E-state index contributed by atoms with van der Waals surface area (Å²) in [7, 11) is 1.65. The van der Waals surface area contributed by atoms with Gasteiger partial charge in [0.2, 0.25) is 0 Å². The maximum Gasteiger partial charge on any atom is 0.335 e. The third kappa shape index (κ3) is 5.18. The third-order valence-electron chi connectivity index (χ3n) is 3.90. The summed E-state index contributed by atoms with van der Waals surface area (Å²) in [5, 5.41) is 15.4. The predicted molar refractivity (Wildman–Crippen MR) is 104 cm³/mol. The van der Waals surface area contributed by atoms with Gasteiger partial charge in [0.25, 0.3) is 0 Å². The number of benzene rings is 2. The van der Waals surface area contributed by atoms with Gasteiger partial charge in [0.15, 0.2) is 0 Å². The van der Waals surface area contributed by atoms with Gasteiger partial charge in [-0.1, -0.05) is 18.2 Å². The van der Waals surface area contributed by atoms with E-state index in [1.165, 1.54) is 11.9 Å². The van der Waals surface area contributed by atoms with E-state index in [2.05, 4.69) is 20.6 Å². The first kappa shape index (κ1) is 18.2. The Hall–Kier alpha value is -3.61. The van der Waals surface area contributed by atoms with Crippen LogP contribution < -0.4 is 15.4 Å². The van der Waals surface area contributed by atoms with E-state index in [9.17, 15) is 4.79 Å². The standard InChI is InChI=1S/C20H20N4O3/c1-27-17-7-2-4-14(10-17)8-9-21-18-12-19(23-13-22-18)24-16-6-3-5-15(11-16)20(25)26/h2-7,10-13H,8-9H2,1H3,(H,25,26)(H2,21,22,23,24). The highest BCUT2D eigenvalue weighted by Gasteiger charge is 2.05. The van der Waals surface area contributed by atoms with Crippen molar-refractivity contribution in [2.75, 3.05) is 24.3 Å². The molecule has 0 radical (unpaired) electrons. The van der Waals surface area contributed by atoms with Crippen molar-refractivity contribution >= 4 is 23.3 Å². The van der Waals surface area contributed by atoms with Crippen molar-refractivity contribution in [3.8, 4) is 5.75 Å². The Morgan fingerprint density at radius 1 is 1.07 bits per heavy atom. The molecule has 1 heterocycles. The van der Waals surface area contributed by atoms with Crippen molar-refractivity contribution in [2.24, 2.45) is 0 Å². The molecule has 0 aliphatic carbocycles. The van der Waals surface area contributed by atoms with Crippen LogP contribution in [0.25, 0.3) is 0 Å². The molecule has 3 aromatic rings. The molecule has 0 saturated carbocycles. The molecule has 27 heavy (non-hydrogen) atoms. The monoisotopic (exact) mass is 364 g/mol. The first-order valence-corrected chi connectivity index (χ1v) is 8.43. The Kier molecular flexibility index (Phi) is 5.84. The number of aromatic carboxylic acids is 1. The summed E-state index contributed by atoms with van der Waals surface area (Å²) < 4.78 is 5.23. The fourth-order valence-electron chi connectivity index (χ4n) is 2.56. The molecule has 3 rings (SSSR count). The lowest BCUT2D eigenvalue weighted by molar-refractivity contribution is 0.0697. The number of carboxylic acids is 1. The Balaban J connectivity index is 1.60. The zero-order valence-corrected chi connectivity index (χ0v) is 14.8. The van der Waals surface area contributed by atoms with Crippen LogP contribution in [0.3, 0.4) is 0 Å². The molecule has 3 N–H and O–H groups in total. The average molecular weight is 364 g/mol. The van der Waals surface area contributed by atoms with E-state index in [1.54, 1.807) is 37.4 Å². The van der Waals surface area contributed by atoms with Gasteiger partial charge < -0.3 is 20.5 Å². The van der Waals surface area contributed by atoms with Gasteiger partial charge >= 0.3 is 5.97 Å². The number of aromatic nitrogens is 2. The summed E-state index contributed by atoms with van der Waals surface area (Å²) in [5.74, 6) is 1.13. The molecule has 0 aliphatic rings. The maximum absolute atomic E-state index is 11.1. The average Bonchev–Trinajstić information content (AvgIpc) is 2.69. The fraction of sp³-hybridized carbons (Fsp3) is 0.150. The van der Waals surface area contributed by atoms with Crippen LogP contribution in [0.15, 0.2) is 60.9 Å². The van der Waals surface area contributed by atoms with E-state index in [-0.39, 0.29) is 5.56 Å². The molecule has 0 bridgehead atoms. The van der Waals surface area contributed by atoms with Gasteiger partial charge in [0.1, 0.15) is 23.7 Å². The third-order valence-corrected chi connectivity index (χ3v) is 3.90. The number of hydrogen-bond acceptors (Lipinski definition) is 6. The van der Waals surface area contributed by atoms with Crippen molar-refractivity contribution < 1.29 is 14.6 Å². The molecule has 0 amide bonds. The van der Waals surface area contributed by atoms with Crippen LogP contribution in [0.1, 0.15) is 15.9 Å². The minimum atomic E-state index is -0.971. The first-order valence-electron chi connectivity index (χ1n) is 8.43. The van der Waals surface area contributed by atoms with E-state index in [0.29, 0.717) is 23.9 Å². The molecule has 1 aromatic heterocycles. The Morgan fingerprint density at radius 2 is 1.89 bits per heavy atom. The molecule has 0 atom stereocenters. The van der Waals surface area contributed by atoms with E-state index < -0.39 is 5.97 Å². The van der Waals surface area contributed by atoms with Crippen LogP contribution in [0.5, 0.6) is 5.75 Å². The number of anilines is 3. The van der Waals surface area contributed by atoms with Gasteiger partial charge in [-0.05, 0) is 42.3 Å². The number of rotatable bonds is 8. The van der Waals surface area contributed by atoms with Gasteiger partial charge in [-0.2, -0.15) is 0 Å². The lowest BCUT2D eigenvalue weighted by Gasteiger charge is -2.09. The minimum absolute atomic E-state index is 0.214. The zero-order valence-electron chi connectivity index (χ0n) is 14.8. The topological polar surface area (TPSA) is 96.4 Å². The summed E-state index contributed by atoms with van der Waals surface area (Å²) in [6.45, 7) is 0.706. The number of hydrogen-bond donors (Lipinski definition) is 3. The molecule has 0 spiro atoms. The Morgan fingerprint density at radius 3 is 2.70 bits per heavy atom. The minimum Gasteiger partial charge on any atom is -0.497 e. The number of nitrogens with zero attached hydrogens (tertiary/aromatic N) is 2. The summed E-state index contributed by atoms with van der Waals surface area (Å²) in [4.78, 5) is 19.4. The van der Waals surface area contributed by atoms with Crippen molar-refractivity contribution in [3.63, 3.8) is 0 Å². The van der Waals surface area contributed by atoms with E-state index in [4.69, 9.17) is 9.84 Å². The molecule has 2 aromatic carbocycles. The zero-order chi connectivity index (χ0) is 19.1. The number of methoxy groups -OCH3 is 1. The highest BCUT2D eigenvalue weighted by molar-refractivity contribution is 5.89. The molecule has 0 saturated heterocycles. The quantitative estimate of drug-likeness (QED) is 0.562. The second-order valence-corrected chi connectivity index (χ2v) is 5.83. The molecule has 7 heteroatoms. The van der Waals surface area contributed by atoms with Crippen molar-refractivity contribution in [2.45, 2.75) is 6.42 Å². The van der Waals surface area contributed by atoms with Gasteiger partial charge in [0, 0.05) is 18.3 Å². The fourth-order valence-corrected chi connectivity index (χ4v) is 2.56. The number of carboxylic acid groups (broad SMARTS) is 1. The molecular weight excluding hydrogens is 344 g/mol. The molecule has 7 nitrogen and oxygen atoms in total. The van der Waals surface area contributed by atoms with Gasteiger partial charge in [-0.25, -0.2) is 14.8 Å². The van der Waals surface area contributed by atoms with Crippen LogP contribution in [0, 0.1) is 0 Å². The Bertz CT molecular complexity index is 930. The lowest BCUT2D eigenvalue weighted by atomic mass is 10.1. The molecule has 0 fully saturated rings. The SMILES string of the molecule is COc1cccc(CCNc2cc(Nc3cccc(C(=O)O)c3)ncn2)c1. The van der Waals surface area contributed by atoms with E-state index >= 15 is 0 Å². The van der Waals surface area contributed by atoms with Crippen LogP contribution in [-0.2, 0) is 6.42 Å². The largest absolute Gasteiger partial charge is 0.497 e. The number of carbonyl (C=O) groups is 1. The van der Waals surface area contributed by atoms with Gasteiger partial charge in [-0.15, -0.1) is 0 Å². The van der Waals surface area contributed by atoms with Crippen molar-refractivity contribution in [1.29, 1.82) is 0 Å². The molecular formula is C20H20N4O3. The first-order chi connectivity index (χ1) is 13.1. The highest BCUT2D eigenvalue weighted by Crippen LogP contribution is 2.18. The van der Waals surface area contributed by atoms with Crippen molar-refractivity contribution in [1.82, 2.24) is 9.97 Å².